The molecule has 0 aliphatic carbocycles. The van der Waals surface area contributed by atoms with E-state index in [1.165, 1.54) is 5.39 Å². The van der Waals surface area contributed by atoms with Gasteiger partial charge in [-0.2, -0.15) is 0 Å². The first-order valence-electron chi connectivity index (χ1n) is 8.94. The number of aromatic amines is 1. The summed E-state index contributed by atoms with van der Waals surface area (Å²) in [5.41, 5.74) is 5.31. The van der Waals surface area contributed by atoms with E-state index < -0.39 is 0 Å². The zero-order chi connectivity index (χ0) is 18.8. The standard InChI is InChI=1S/C22H20N2O2S/c1-3-21(25)26-13-20-14(2)23-22(27-20)17-9-6-8-15(11-17)19-12-16-7-4-5-10-18(16)24-19/h4-12,24H,3,13H2,1-2H3. The Bertz CT molecular complexity index is 1080. The van der Waals surface area contributed by atoms with E-state index in [4.69, 9.17) is 4.74 Å². The molecule has 4 rings (SSSR count). The maximum atomic E-state index is 11.4. The van der Waals surface area contributed by atoms with Gasteiger partial charge >= 0.3 is 5.97 Å². The molecule has 5 heteroatoms. The highest BCUT2D eigenvalue weighted by Crippen LogP contribution is 2.32. The fraction of sp³-hybridized carbons (Fsp3) is 0.182. The number of nitrogens with zero attached hydrogens (tertiary/aromatic N) is 1. The normalized spacial score (nSPS) is 11.0. The summed E-state index contributed by atoms with van der Waals surface area (Å²) in [6, 6.07) is 18.8. The van der Waals surface area contributed by atoms with Gasteiger partial charge in [-0.15, -0.1) is 11.3 Å². The van der Waals surface area contributed by atoms with Crippen molar-refractivity contribution >= 4 is 28.2 Å². The molecule has 0 atom stereocenters. The van der Waals surface area contributed by atoms with Gasteiger partial charge in [0, 0.05) is 28.6 Å². The van der Waals surface area contributed by atoms with Gasteiger partial charge in [-0.1, -0.05) is 43.3 Å². The Morgan fingerprint density at radius 1 is 1.11 bits per heavy atom. The molecule has 0 saturated carbocycles. The minimum Gasteiger partial charge on any atom is -0.460 e. The molecule has 0 amide bonds. The van der Waals surface area contributed by atoms with Crippen LogP contribution in [0.4, 0.5) is 0 Å². The first kappa shape index (κ1) is 17.5. The molecule has 136 valence electrons. The summed E-state index contributed by atoms with van der Waals surface area (Å²) in [7, 11) is 0. The molecule has 27 heavy (non-hydrogen) atoms. The molecule has 2 aromatic heterocycles. The molecule has 4 aromatic rings. The lowest BCUT2D eigenvalue weighted by atomic mass is 10.1. The number of aromatic nitrogens is 2. The van der Waals surface area contributed by atoms with Crippen molar-refractivity contribution in [3.63, 3.8) is 0 Å². The molecule has 2 heterocycles. The van der Waals surface area contributed by atoms with Crippen molar-refractivity contribution in [2.75, 3.05) is 0 Å². The van der Waals surface area contributed by atoms with Crippen LogP contribution in [0.15, 0.2) is 54.6 Å². The third kappa shape index (κ3) is 3.64. The Morgan fingerprint density at radius 3 is 2.74 bits per heavy atom. The molecule has 0 fully saturated rings. The summed E-state index contributed by atoms with van der Waals surface area (Å²) in [6.07, 6.45) is 0.386. The lowest BCUT2D eigenvalue weighted by Gasteiger charge is -2.02. The number of hydrogen-bond acceptors (Lipinski definition) is 4. The minimum atomic E-state index is -0.190. The number of fused-ring (bicyclic) bond motifs is 1. The number of esters is 1. The second kappa shape index (κ2) is 7.37. The van der Waals surface area contributed by atoms with E-state index in [2.05, 4.69) is 46.4 Å². The van der Waals surface area contributed by atoms with Crippen molar-refractivity contribution < 1.29 is 9.53 Å². The van der Waals surface area contributed by atoms with E-state index in [1.54, 1.807) is 18.3 Å². The number of rotatable bonds is 5. The van der Waals surface area contributed by atoms with Gasteiger partial charge in [-0.3, -0.25) is 4.79 Å². The van der Waals surface area contributed by atoms with Crippen LogP contribution in [0.2, 0.25) is 0 Å². The summed E-state index contributed by atoms with van der Waals surface area (Å²) in [4.78, 5) is 20.5. The molecule has 1 N–H and O–H groups in total. The lowest BCUT2D eigenvalue weighted by Crippen LogP contribution is -2.01. The number of H-pyrrole nitrogens is 1. The van der Waals surface area contributed by atoms with Crippen molar-refractivity contribution in [1.82, 2.24) is 9.97 Å². The van der Waals surface area contributed by atoms with Gasteiger partial charge in [0.2, 0.25) is 0 Å². The highest BCUT2D eigenvalue weighted by Gasteiger charge is 2.12. The van der Waals surface area contributed by atoms with Crippen molar-refractivity contribution in [3.8, 4) is 21.8 Å². The third-order valence-corrected chi connectivity index (χ3v) is 5.68. The van der Waals surface area contributed by atoms with Gasteiger partial charge in [0.25, 0.3) is 0 Å². The van der Waals surface area contributed by atoms with E-state index in [0.717, 1.165) is 37.9 Å². The first-order chi connectivity index (χ1) is 13.1. The lowest BCUT2D eigenvalue weighted by molar-refractivity contribution is -0.144. The fourth-order valence-electron chi connectivity index (χ4n) is 2.98. The Kier molecular flexibility index (Phi) is 4.77. The average Bonchev–Trinajstić information content (AvgIpc) is 3.29. The average molecular weight is 376 g/mol. The van der Waals surface area contributed by atoms with Crippen LogP contribution in [0.25, 0.3) is 32.7 Å². The monoisotopic (exact) mass is 376 g/mol. The first-order valence-corrected chi connectivity index (χ1v) is 9.76. The molecule has 0 unspecified atom stereocenters. The summed E-state index contributed by atoms with van der Waals surface area (Å²) >= 11 is 1.58. The number of ether oxygens (including phenoxy) is 1. The highest BCUT2D eigenvalue weighted by molar-refractivity contribution is 7.15. The predicted octanol–water partition coefficient (Wildman–Crippen LogP) is 5.72. The van der Waals surface area contributed by atoms with Gasteiger partial charge in [0.1, 0.15) is 11.6 Å². The number of thiazole rings is 1. The van der Waals surface area contributed by atoms with Crippen molar-refractivity contribution in [3.05, 3.63) is 65.2 Å². The van der Waals surface area contributed by atoms with Gasteiger partial charge < -0.3 is 9.72 Å². The summed E-state index contributed by atoms with van der Waals surface area (Å²) < 4.78 is 5.26. The molecule has 0 aliphatic rings. The molecular weight excluding hydrogens is 356 g/mol. The van der Waals surface area contributed by atoms with Crippen molar-refractivity contribution in [2.45, 2.75) is 26.9 Å². The maximum Gasteiger partial charge on any atom is 0.305 e. The molecule has 4 nitrogen and oxygen atoms in total. The summed E-state index contributed by atoms with van der Waals surface area (Å²) in [5.74, 6) is -0.190. The van der Waals surface area contributed by atoms with Crippen LogP contribution in [-0.4, -0.2) is 15.9 Å². The Hall–Kier alpha value is -2.92. The van der Waals surface area contributed by atoms with Gasteiger partial charge in [0.15, 0.2) is 0 Å². The highest BCUT2D eigenvalue weighted by atomic mass is 32.1. The SMILES string of the molecule is CCC(=O)OCc1sc(-c2cccc(-c3cc4ccccc4[nH]3)c2)nc1C. The molecule has 0 aliphatic heterocycles. The Balaban J connectivity index is 1.63. The zero-order valence-corrected chi connectivity index (χ0v) is 16.1. The number of carbonyl (C=O) groups is 1. The van der Waals surface area contributed by atoms with Gasteiger partial charge in [-0.25, -0.2) is 4.98 Å². The predicted molar refractivity (Wildman–Crippen MR) is 110 cm³/mol. The Labute approximate surface area is 161 Å². The molecular formula is C22H20N2O2S. The van der Waals surface area contributed by atoms with E-state index in [1.807, 2.05) is 25.1 Å². The van der Waals surface area contributed by atoms with Crippen molar-refractivity contribution in [2.24, 2.45) is 0 Å². The van der Waals surface area contributed by atoms with Crippen LogP contribution >= 0.6 is 11.3 Å². The van der Waals surface area contributed by atoms with Crippen LogP contribution < -0.4 is 0 Å². The number of hydrogen-bond donors (Lipinski definition) is 1. The largest absolute Gasteiger partial charge is 0.460 e. The third-order valence-electron chi connectivity index (χ3n) is 4.50. The zero-order valence-electron chi connectivity index (χ0n) is 15.3. The number of carbonyl (C=O) groups excluding carboxylic acids is 1. The van der Waals surface area contributed by atoms with E-state index in [0.29, 0.717) is 6.42 Å². The Morgan fingerprint density at radius 2 is 1.93 bits per heavy atom. The molecule has 0 bridgehead atoms. The molecule has 0 saturated heterocycles. The second-order valence-corrected chi connectivity index (χ2v) is 7.48. The van der Waals surface area contributed by atoms with Crippen LogP contribution in [0.1, 0.15) is 23.9 Å². The van der Waals surface area contributed by atoms with Crippen LogP contribution in [-0.2, 0) is 16.1 Å². The van der Waals surface area contributed by atoms with E-state index >= 15 is 0 Å². The molecule has 0 spiro atoms. The topological polar surface area (TPSA) is 55.0 Å². The number of para-hydroxylation sites is 1. The molecule has 2 aromatic carbocycles. The van der Waals surface area contributed by atoms with E-state index in [-0.39, 0.29) is 12.6 Å². The van der Waals surface area contributed by atoms with Crippen LogP contribution in [0, 0.1) is 6.92 Å². The fourth-order valence-corrected chi connectivity index (χ4v) is 3.95. The smallest absolute Gasteiger partial charge is 0.305 e. The van der Waals surface area contributed by atoms with Gasteiger partial charge in [-0.05, 0) is 30.7 Å². The van der Waals surface area contributed by atoms with Crippen molar-refractivity contribution in [1.29, 1.82) is 0 Å². The van der Waals surface area contributed by atoms with Crippen LogP contribution in [0.3, 0.4) is 0 Å². The van der Waals surface area contributed by atoms with Crippen LogP contribution in [0.5, 0.6) is 0 Å². The second-order valence-electron chi connectivity index (χ2n) is 6.39. The summed E-state index contributed by atoms with van der Waals surface area (Å²) in [5, 5.41) is 2.14. The summed E-state index contributed by atoms with van der Waals surface area (Å²) in [6.45, 7) is 4.04. The van der Waals surface area contributed by atoms with E-state index in [9.17, 15) is 4.79 Å². The number of benzene rings is 2. The number of aryl methyl sites for hydroxylation is 1. The van der Waals surface area contributed by atoms with Gasteiger partial charge in [0.05, 0.1) is 10.6 Å². The minimum absolute atomic E-state index is 0.190. The maximum absolute atomic E-state index is 11.4. The molecule has 0 radical (unpaired) electrons. The number of nitrogens with one attached hydrogen (secondary N) is 1. The quantitative estimate of drug-likeness (QED) is 0.453.